The van der Waals surface area contributed by atoms with Crippen molar-refractivity contribution in [3.05, 3.63) is 53.6 Å². The second kappa shape index (κ2) is 12.7. The van der Waals surface area contributed by atoms with Crippen LogP contribution in [0.5, 0.6) is 17.2 Å². The largest absolute Gasteiger partial charge is 0.493 e. The number of para-hydroxylation sites is 1. The maximum atomic E-state index is 10.2. The second-order valence-corrected chi connectivity index (χ2v) is 6.41. The lowest BCUT2D eigenvalue weighted by molar-refractivity contribution is 0.102. The van der Waals surface area contributed by atoms with Crippen LogP contribution in [0.25, 0.3) is 0 Å². The third-order valence-corrected chi connectivity index (χ3v) is 4.27. The molecule has 0 saturated heterocycles. The number of aliphatic hydroxyl groups excluding tert-OH is 1. The van der Waals surface area contributed by atoms with Crippen LogP contribution in [0.2, 0.25) is 0 Å². The molecule has 156 valence electrons. The number of hydrogen-bond donors (Lipinski definition) is 2. The molecule has 6 heteroatoms. The van der Waals surface area contributed by atoms with Crippen molar-refractivity contribution in [3.63, 3.8) is 0 Å². The van der Waals surface area contributed by atoms with Crippen molar-refractivity contribution in [2.45, 2.75) is 19.1 Å². The van der Waals surface area contributed by atoms with Crippen LogP contribution in [-0.2, 0) is 17.8 Å². The molecule has 2 aromatic rings. The molecular weight excluding hydrogens is 370 g/mol. The maximum Gasteiger partial charge on any atom is 0.160 e. The predicted octanol–water partition coefficient (Wildman–Crippen LogP) is 2.43. The van der Waals surface area contributed by atoms with Gasteiger partial charge in [-0.2, -0.15) is 0 Å². The van der Waals surface area contributed by atoms with E-state index in [0.717, 1.165) is 24.1 Å². The van der Waals surface area contributed by atoms with E-state index in [0.29, 0.717) is 30.4 Å². The zero-order valence-electron chi connectivity index (χ0n) is 17.0. The van der Waals surface area contributed by atoms with Gasteiger partial charge in [0.05, 0.1) is 20.8 Å². The van der Waals surface area contributed by atoms with Crippen LogP contribution < -0.4 is 19.5 Å². The Morgan fingerprint density at radius 1 is 1.07 bits per heavy atom. The molecule has 0 aliphatic carbocycles. The average Bonchev–Trinajstić information content (AvgIpc) is 2.76. The Labute approximate surface area is 172 Å². The lowest BCUT2D eigenvalue weighted by Gasteiger charge is -2.16. The van der Waals surface area contributed by atoms with Gasteiger partial charge in [0.2, 0.25) is 0 Å². The molecule has 0 amide bonds. The molecule has 0 fully saturated rings. The van der Waals surface area contributed by atoms with Crippen molar-refractivity contribution in [2.24, 2.45) is 0 Å². The quantitative estimate of drug-likeness (QED) is 0.398. The third-order valence-electron chi connectivity index (χ3n) is 4.27. The first kappa shape index (κ1) is 22.6. The van der Waals surface area contributed by atoms with E-state index < -0.39 is 6.10 Å². The number of methoxy groups -OCH3 is 2. The van der Waals surface area contributed by atoms with Gasteiger partial charge in [0.25, 0.3) is 0 Å². The zero-order chi connectivity index (χ0) is 20.9. The van der Waals surface area contributed by atoms with Gasteiger partial charge < -0.3 is 29.4 Å². The van der Waals surface area contributed by atoms with Crippen molar-refractivity contribution in [1.29, 1.82) is 0 Å². The number of aliphatic hydroxyl groups is 1. The van der Waals surface area contributed by atoms with Gasteiger partial charge in [0, 0.05) is 12.1 Å². The van der Waals surface area contributed by atoms with Gasteiger partial charge in [0.15, 0.2) is 11.5 Å². The molecule has 2 aromatic carbocycles. The van der Waals surface area contributed by atoms with Crippen LogP contribution in [0.3, 0.4) is 0 Å². The minimum Gasteiger partial charge on any atom is -0.493 e. The van der Waals surface area contributed by atoms with Crippen LogP contribution in [0.1, 0.15) is 11.1 Å². The summed E-state index contributed by atoms with van der Waals surface area (Å²) < 4.78 is 21.7. The lowest BCUT2D eigenvalue weighted by atomic mass is 10.1. The molecule has 2 rings (SSSR count). The molecule has 0 saturated carbocycles. The van der Waals surface area contributed by atoms with E-state index in [1.165, 1.54) is 0 Å². The molecule has 1 atom stereocenters. The fourth-order valence-corrected chi connectivity index (χ4v) is 2.77. The first-order valence-corrected chi connectivity index (χ1v) is 9.49. The number of nitrogens with one attached hydrogen (secondary N) is 1. The smallest absolute Gasteiger partial charge is 0.160 e. The zero-order valence-corrected chi connectivity index (χ0v) is 17.0. The SMILES string of the molecule is C#CCOCc1ccccc1OCC(O)CNCCc1ccc(OC)c(OC)c1. The Hall–Kier alpha value is -2.72. The van der Waals surface area contributed by atoms with Gasteiger partial charge in [-0.25, -0.2) is 0 Å². The summed E-state index contributed by atoms with van der Waals surface area (Å²) in [5.74, 6) is 4.55. The summed E-state index contributed by atoms with van der Waals surface area (Å²) in [5, 5.41) is 13.4. The Balaban J connectivity index is 1.71. The molecule has 6 nitrogen and oxygen atoms in total. The molecular formula is C23H29NO5. The third kappa shape index (κ3) is 7.66. The molecule has 1 unspecified atom stereocenters. The van der Waals surface area contributed by atoms with Crippen LogP contribution >= 0.6 is 0 Å². The molecule has 29 heavy (non-hydrogen) atoms. The highest BCUT2D eigenvalue weighted by atomic mass is 16.5. The number of terminal acetylenes is 1. The molecule has 0 aliphatic rings. The molecule has 0 spiro atoms. The van der Waals surface area contributed by atoms with Gasteiger partial charge in [-0.05, 0) is 36.7 Å². The molecule has 2 N–H and O–H groups in total. The van der Waals surface area contributed by atoms with E-state index in [-0.39, 0.29) is 13.2 Å². The number of benzene rings is 2. The standard InChI is InChI=1S/C23H29NO5/c1-4-13-28-16-19-7-5-6-8-21(19)29-17-20(25)15-24-12-11-18-9-10-22(26-2)23(14-18)27-3/h1,5-10,14,20,24-25H,11-13,15-17H2,2-3H3. The first-order valence-electron chi connectivity index (χ1n) is 9.49. The molecule has 0 bridgehead atoms. The van der Waals surface area contributed by atoms with Crippen molar-refractivity contribution >= 4 is 0 Å². The molecule has 0 radical (unpaired) electrons. The van der Waals surface area contributed by atoms with Gasteiger partial charge in [-0.15, -0.1) is 6.42 Å². The van der Waals surface area contributed by atoms with E-state index in [2.05, 4.69) is 11.2 Å². The fourth-order valence-electron chi connectivity index (χ4n) is 2.77. The van der Waals surface area contributed by atoms with E-state index in [1.54, 1.807) is 14.2 Å². The molecule has 0 heterocycles. The van der Waals surface area contributed by atoms with Gasteiger partial charge >= 0.3 is 0 Å². The minimum absolute atomic E-state index is 0.190. The highest BCUT2D eigenvalue weighted by Gasteiger charge is 2.09. The maximum absolute atomic E-state index is 10.2. The summed E-state index contributed by atoms with van der Waals surface area (Å²) in [4.78, 5) is 0. The number of rotatable bonds is 13. The van der Waals surface area contributed by atoms with Gasteiger partial charge in [0.1, 0.15) is 25.1 Å². The summed E-state index contributed by atoms with van der Waals surface area (Å²) >= 11 is 0. The fraction of sp³-hybridized carbons (Fsp3) is 0.391. The Bertz CT molecular complexity index is 787. The van der Waals surface area contributed by atoms with Crippen molar-refractivity contribution in [3.8, 4) is 29.6 Å². The van der Waals surface area contributed by atoms with Crippen molar-refractivity contribution in [2.75, 3.05) is 40.5 Å². The van der Waals surface area contributed by atoms with Crippen LogP contribution in [0, 0.1) is 12.3 Å². The van der Waals surface area contributed by atoms with E-state index in [1.807, 2.05) is 42.5 Å². The van der Waals surface area contributed by atoms with Gasteiger partial charge in [-0.1, -0.05) is 30.2 Å². The number of ether oxygens (including phenoxy) is 4. The van der Waals surface area contributed by atoms with Crippen molar-refractivity contribution < 1.29 is 24.1 Å². The Morgan fingerprint density at radius 3 is 2.62 bits per heavy atom. The van der Waals surface area contributed by atoms with E-state index in [9.17, 15) is 5.11 Å². The number of hydrogen-bond acceptors (Lipinski definition) is 6. The van der Waals surface area contributed by atoms with E-state index in [4.69, 9.17) is 25.4 Å². The predicted molar refractivity (Wildman–Crippen MR) is 113 cm³/mol. The highest BCUT2D eigenvalue weighted by molar-refractivity contribution is 5.43. The monoisotopic (exact) mass is 399 g/mol. The van der Waals surface area contributed by atoms with Gasteiger partial charge in [-0.3, -0.25) is 0 Å². The summed E-state index contributed by atoms with van der Waals surface area (Å²) in [6.45, 7) is 1.97. The first-order chi connectivity index (χ1) is 14.2. The Morgan fingerprint density at radius 2 is 1.86 bits per heavy atom. The Kier molecular flexibility index (Phi) is 9.87. The topological polar surface area (TPSA) is 69.2 Å². The highest BCUT2D eigenvalue weighted by Crippen LogP contribution is 2.27. The molecule has 0 aromatic heterocycles. The molecule has 0 aliphatic heterocycles. The minimum atomic E-state index is -0.625. The lowest BCUT2D eigenvalue weighted by Crippen LogP contribution is -2.32. The van der Waals surface area contributed by atoms with Crippen LogP contribution in [0.4, 0.5) is 0 Å². The van der Waals surface area contributed by atoms with E-state index >= 15 is 0 Å². The summed E-state index contributed by atoms with van der Waals surface area (Å²) in [5.41, 5.74) is 2.03. The van der Waals surface area contributed by atoms with Crippen LogP contribution in [-0.4, -0.2) is 51.7 Å². The normalized spacial score (nSPS) is 11.5. The van der Waals surface area contributed by atoms with Crippen LogP contribution in [0.15, 0.2) is 42.5 Å². The summed E-state index contributed by atoms with van der Waals surface area (Å²) in [7, 11) is 3.24. The summed E-state index contributed by atoms with van der Waals surface area (Å²) in [6.07, 6.45) is 5.38. The second-order valence-electron chi connectivity index (χ2n) is 6.41. The van der Waals surface area contributed by atoms with Crippen molar-refractivity contribution in [1.82, 2.24) is 5.32 Å². The average molecular weight is 399 g/mol. The summed E-state index contributed by atoms with van der Waals surface area (Å²) in [6, 6.07) is 13.4.